The molecule has 0 fully saturated rings. The molecule has 1 aromatic heterocycles. The summed E-state index contributed by atoms with van der Waals surface area (Å²) in [6, 6.07) is 2.41. The van der Waals surface area contributed by atoms with E-state index < -0.39 is 17.2 Å². The van der Waals surface area contributed by atoms with Crippen molar-refractivity contribution in [3.05, 3.63) is 45.0 Å². The molecule has 0 unspecified atom stereocenters. The SMILES string of the molecule is CCn1cc(C(=O)OC)c(=O)c2cc(F)c(Cl)cc21. The van der Waals surface area contributed by atoms with Gasteiger partial charge in [0.05, 0.1) is 17.6 Å². The Balaban J connectivity index is 2.92. The number of ether oxygens (including phenoxy) is 1. The molecule has 0 N–H and O–H groups in total. The second kappa shape index (κ2) is 5.01. The Morgan fingerprint density at radius 2 is 2.16 bits per heavy atom. The summed E-state index contributed by atoms with van der Waals surface area (Å²) in [5, 5.41) is 0.0339. The van der Waals surface area contributed by atoms with E-state index in [1.165, 1.54) is 19.4 Å². The summed E-state index contributed by atoms with van der Waals surface area (Å²) in [4.78, 5) is 23.7. The summed E-state index contributed by atoms with van der Waals surface area (Å²) in [7, 11) is 1.19. The lowest BCUT2D eigenvalue weighted by molar-refractivity contribution is 0.0598. The quantitative estimate of drug-likeness (QED) is 0.796. The molecule has 0 spiro atoms. The fourth-order valence-electron chi connectivity index (χ4n) is 1.90. The van der Waals surface area contributed by atoms with Crippen molar-refractivity contribution >= 4 is 28.5 Å². The number of aryl methyl sites for hydroxylation is 1. The van der Waals surface area contributed by atoms with Gasteiger partial charge in [0, 0.05) is 18.1 Å². The predicted octanol–water partition coefficient (Wildman–Crippen LogP) is 2.60. The van der Waals surface area contributed by atoms with Gasteiger partial charge in [-0.3, -0.25) is 4.79 Å². The third-order valence-electron chi connectivity index (χ3n) is 2.87. The van der Waals surface area contributed by atoms with Gasteiger partial charge in [-0.2, -0.15) is 0 Å². The van der Waals surface area contributed by atoms with Crippen LogP contribution in [0.15, 0.2) is 23.1 Å². The van der Waals surface area contributed by atoms with Gasteiger partial charge in [0.15, 0.2) is 0 Å². The number of carbonyl (C=O) groups is 1. The summed E-state index contributed by atoms with van der Waals surface area (Å²) in [5.74, 6) is -1.44. The molecule has 0 aliphatic heterocycles. The van der Waals surface area contributed by atoms with Crippen molar-refractivity contribution in [3.8, 4) is 0 Å². The van der Waals surface area contributed by atoms with Crippen LogP contribution in [0, 0.1) is 5.82 Å². The van der Waals surface area contributed by atoms with E-state index in [1.54, 1.807) is 4.57 Å². The van der Waals surface area contributed by atoms with Crippen molar-refractivity contribution in [2.75, 3.05) is 7.11 Å². The number of rotatable bonds is 2. The number of hydrogen-bond donors (Lipinski definition) is 0. The highest BCUT2D eigenvalue weighted by atomic mass is 35.5. The van der Waals surface area contributed by atoms with Crippen molar-refractivity contribution in [1.29, 1.82) is 0 Å². The van der Waals surface area contributed by atoms with Gasteiger partial charge < -0.3 is 9.30 Å². The molecule has 2 rings (SSSR count). The molecule has 4 nitrogen and oxygen atoms in total. The lowest BCUT2D eigenvalue weighted by Gasteiger charge is -2.11. The number of nitrogens with zero attached hydrogens (tertiary/aromatic N) is 1. The zero-order chi connectivity index (χ0) is 14.2. The first kappa shape index (κ1) is 13.5. The van der Waals surface area contributed by atoms with Crippen molar-refractivity contribution in [3.63, 3.8) is 0 Å². The molecule has 0 saturated carbocycles. The molecule has 6 heteroatoms. The highest BCUT2D eigenvalue weighted by molar-refractivity contribution is 6.31. The van der Waals surface area contributed by atoms with Crippen molar-refractivity contribution < 1.29 is 13.9 Å². The first-order valence-electron chi connectivity index (χ1n) is 5.60. The molecule has 0 aliphatic carbocycles. The summed E-state index contributed by atoms with van der Waals surface area (Å²) < 4.78 is 19.7. The molecule has 2 aromatic rings. The van der Waals surface area contributed by atoms with Gasteiger partial charge >= 0.3 is 5.97 Å². The number of hydrogen-bond acceptors (Lipinski definition) is 3. The molecule has 0 aliphatic rings. The van der Waals surface area contributed by atoms with Crippen LogP contribution in [0.2, 0.25) is 5.02 Å². The number of fused-ring (bicyclic) bond motifs is 1. The average Bonchev–Trinajstić information content (AvgIpc) is 2.41. The number of halogens is 2. The Bertz CT molecular complexity index is 724. The zero-order valence-corrected chi connectivity index (χ0v) is 11.1. The van der Waals surface area contributed by atoms with Gasteiger partial charge in [-0.15, -0.1) is 0 Å². The molecule has 0 amide bonds. The lowest BCUT2D eigenvalue weighted by atomic mass is 10.1. The molecule has 0 atom stereocenters. The van der Waals surface area contributed by atoms with Crippen LogP contribution in [-0.2, 0) is 11.3 Å². The van der Waals surface area contributed by atoms with Crippen molar-refractivity contribution in [2.45, 2.75) is 13.5 Å². The maximum atomic E-state index is 13.5. The van der Waals surface area contributed by atoms with E-state index in [0.29, 0.717) is 12.1 Å². The van der Waals surface area contributed by atoms with E-state index in [-0.39, 0.29) is 16.0 Å². The summed E-state index contributed by atoms with van der Waals surface area (Å²) in [6.45, 7) is 2.34. The van der Waals surface area contributed by atoms with Crippen LogP contribution in [-0.4, -0.2) is 17.6 Å². The highest BCUT2D eigenvalue weighted by Gasteiger charge is 2.17. The minimum Gasteiger partial charge on any atom is -0.465 e. The van der Waals surface area contributed by atoms with Crippen LogP contribution in [0.5, 0.6) is 0 Å². The van der Waals surface area contributed by atoms with Crippen LogP contribution in [0.25, 0.3) is 10.9 Å². The molecule has 0 saturated heterocycles. The number of carbonyl (C=O) groups excluding carboxylic acids is 1. The van der Waals surface area contributed by atoms with E-state index in [0.717, 1.165) is 6.07 Å². The van der Waals surface area contributed by atoms with Crippen molar-refractivity contribution in [2.24, 2.45) is 0 Å². The number of esters is 1. The van der Waals surface area contributed by atoms with Crippen LogP contribution < -0.4 is 5.43 Å². The summed E-state index contributed by atoms with van der Waals surface area (Å²) in [5.41, 5.74) is -0.216. The van der Waals surface area contributed by atoms with E-state index >= 15 is 0 Å². The summed E-state index contributed by atoms with van der Waals surface area (Å²) in [6.07, 6.45) is 1.39. The van der Waals surface area contributed by atoms with E-state index in [1.807, 2.05) is 6.92 Å². The maximum Gasteiger partial charge on any atom is 0.343 e. The first-order chi connectivity index (χ1) is 8.99. The number of pyridine rings is 1. The molecule has 1 heterocycles. The highest BCUT2D eigenvalue weighted by Crippen LogP contribution is 2.21. The minimum atomic E-state index is -0.746. The monoisotopic (exact) mass is 283 g/mol. The van der Waals surface area contributed by atoms with Gasteiger partial charge in [-0.05, 0) is 19.1 Å². The van der Waals surface area contributed by atoms with Crippen LogP contribution in [0.4, 0.5) is 4.39 Å². The zero-order valence-electron chi connectivity index (χ0n) is 10.4. The second-order valence-electron chi connectivity index (χ2n) is 3.93. The van der Waals surface area contributed by atoms with Crippen LogP contribution >= 0.6 is 11.6 Å². The van der Waals surface area contributed by atoms with Crippen molar-refractivity contribution in [1.82, 2.24) is 4.57 Å². The Kier molecular flexibility index (Phi) is 3.57. The minimum absolute atomic E-state index is 0.0695. The van der Waals surface area contributed by atoms with E-state index in [9.17, 15) is 14.0 Å². The van der Waals surface area contributed by atoms with Gasteiger partial charge in [0.1, 0.15) is 11.4 Å². The molecule has 100 valence electrons. The average molecular weight is 284 g/mol. The largest absolute Gasteiger partial charge is 0.465 e. The van der Waals surface area contributed by atoms with Crippen LogP contribution in [0.3, 0.4) is 0 Å². The number of methoxy groups -OCH3 is 1. The second-order valence-corrected chi connectivity index (χ2v) is 4.34. The predicted molar refractivity (Wildman–Crippen MR) is 70.2 cm³/mol. The maximum absolute atomic E-state index is 13.5. The standard InChI is InChI=1S/C13H11ClFNO3/c1-3-16-6-8(13(18)19-2)12(17)7-4-10(15)9(14)5-11(7)16/h4-6H,3H2,1-2H3. The topological polar surface area (TPSA) is 48.3 Å². The Morgan fingerprint density at radius 1 is 1.47 bits per heavy atom. The molecule has 0 radical (unpaired) electrons. The van der Waals surface area contributed by atoms with Gasteiger partial charge in [-0.1, -0.05) is 11.6 Å². The fourth-order valence-corrected chi connectivity index (χ4v) is 2.06. The Labute approximate surface area is 113 Å². The van der Waals surface area contributed by atoms with E-state index in [4.69, 9.17) is 11.6 Å². The van der Waals surface area contributed by atoms with Crippen LogP contribution in [0.1, 0.15) is 17.3 Å². The van der Waals surface area contributed by atoms with E-state index in [2.05, 4.69) is 4.74 Å². The Morgan fingerprint density at radius 3 is 2.74 bits per heavy atom. The molecular formula is C13H11ClFNO3. The molecular weight excluding hydrogens is 273 g/mol. The molecule has 19 heavy (non-hydrogen) atoms. The fraction of sp³-hybridized carbons (Fsp3) is 0.231. The number of benzene rings is 1. The van der Waals surface area contributed by atoms with Gasteiger partial charge in [0.2, 0.25) is 5.43 Å². The first-order valence-corrected chi connectivity index (χ1v) is 5.98. The smallest absolute Gasteiger partial charge is 0.343 e. The normalized spacial score (nSPS) is 10.7. The Hall–Kier alpha value is -1.88. The molecule has 1 aromatic carbocycles. The molecule has 0 bridgehead atoms. The van der Waals surface area contributed by atoms with Gasteiger partial charge in [-0.25, -0.2) is 9.18 Å². The van der Waals surface area contributed by atoms with Gasteiger partial charge in [0.25, 0.3) is 0 Å². The lowest BCUT2D eigenvalue weighted by Crippen LogP contribution is -2.20. The number of aromatic nitrogens is 1. The third kappa shape index (κ3) is 2.21. The summed E-state index contributed by atoms with van der Waals surface area (Å²) >= 11 is 5.72. The third-order valence-corrected chi connectivity index (χ3v) is 3.16.